The van der Waals surface area contributed by atoms with Crippen LogP contribution in [0.3, 0.4) is 0 Å². The highest BCUT2D eigenvalue weighted by molar-refractivity contribution is 6.31. The third kappa shape index (κ3) is 1.45. The summed E-state index contributed by atoms with van der Waals surface area (Å²) in [5, 5.41) is 0.687. The number of nitrogens with two attached hydrogens (primary N) is 1. The number of aromatic nitrogens is 1. The molecule has 4 nitrogen and oxygen atoms in total. The molecule has 2 fully saturated rings. The maximum Gasteiger partial charge on any atom is 0.298 e. The molecule has 4 rings (SSSR count). The maximum atomic E-state index is 5.94. The highest BCUT2D eigenvalue weighted by Gasteiger charge is 2.52. The van der Waals surface area contributed by atoms with Gasteiger partial charge in [-0.1, -0.05) is 11.6 Å². The van der Waals surface area contributed by atoms with Gasteiger partial charge in [0.25, 0.3) is 6.01 Å². The number of nitrogens with zero attached hydrogens (tertiary/aromatic N) is 2. The van der Waals surface area contributed by atoms with E-state index >= 15 is 0 Å². The van der Waals surface area contributed by atoms with Gasteiger partial charge < -0.3 is 15.1 Å². The van der Waals surface area contributed by atoms with E-state index in [0.717, 1.165) is 37.0 Å². The van der Waals surface area contributed by atoms with Crippen molar-refractivity contribution in [1.82, 2.24) is 4.98 Å². The lowest BCUT2D eigenvalue weighted by Gasteiger charge is -2.57. The minimum atomic E-state index is 0.398. The molecule has 18 heavy (non-hydrogen) atoms. The molecule has 1 aliphatic carbocycles. The van der Waals surface area contributed by atoms with Gasteiger partial charge in [-0.3, -0.25) is 0 Å². The lowest BCUT2D eigenvalue weighted by atomic mass is 9.61. The summed E-state index contributed by atoms with van der Waals surface area (Å²) in [5.41, 5.74) is 7.91. The average Bonchev–Trinajstić information content (AvgIpc) is 2.63. The first-order valence-corrected chi connectivity index (χ1v) is 6.58. The lowest BCUT2D eigenvalue weighted by Crippen LogP contribution is -2.65. The summed E-state index contributed by atoms with van der Waals surface area (Å²) in [4.78, 5) is 6.66. The molecule has 0 atom stereocenters. The standard InChI is InChI=1S/C13H14ClN3O/c14-8-1-2-11-10(3-8)16-12(18-11)17-6-13(7-17)4-9(15)5-13/h1-3,9H,4-7,15H2. The van der Waals surface area contributed by atoms with Crippen LogP contribution in [0.2, 0.25) is 5.02 Å². The summed E-state index contributed by atoms with van der Waals surface area (Å²) in [7, 11) is 0. The SMILES string of the molecule is NC1CC2(C1)CN(c1nc3cc(Cl)ccc3o1)C2. The molecular weight excluding hydrogens is 250 g/mol. The second-order valence-electron chi connectivity index (χ2n) is 5.63. The van der Waals surface area contributed by atoms with Crippen LogP contribution in [-0.2, 0) is 0 Å². The molecule has 2 N–H and O–H groups in total. The van der Waals surface area contributed by atoms with Gasteiger partial charge in [0.1, 0.15) is 5.52 Å². The Kier molecular flexibility index (Phi) is 2.01. The van der Waals surface area contributed by atoms with Crippen LogP contribution in [0.25, 0.3) is 11.1 Å². The van der Waals surface area contributed by atoms with Crippen LogP contribution in [0.5, 0.6) is 0 Å². The molecule has 2 aromatic rings. The van der Waals surface area contributed by atoms with Crippen molar-refractivity contribution >= 4 is 28.7 Å². The van der Waals surface area contributed by atoms with Gasteiger partial charge in [0.15, 0.2) is 5.58 Å². The van der Waals surface area contributed by atoms with Crippen molar-refractivity contribution in [3.63, 3.8) is 0 Å². The summed E-state index contributed by atoms with van der Waals surface area (Å²) < 4.78 is 5.74. The second kappa shape index (κ2) is 3.39. The zero-order valence-corrected chi connectivity index (χ0v) is 10.7. The average molecular weight is 264 g/mol. The van der Waals surface area contributed by atoms with Gasteiger partial charge in [0.2, 0.25) is 0 Å². The number of oxazole rings is 1. The predicted octanol–water partition coefficient (Wildman–Crippen LogP) is 2.41. The molecule has 1 aromatic carbocycles. The number of rotatable bonds is 1. The maximum absolute atomic E-state index is 5.94. The van der Waals surface area contributed by atoms with Gasteiger partial charge in [-0.15, -0.1) is 0 Å². The fourth-order valence-electron chi connectivity index (χ4n) is 3.23. The van der Waals surface area contributed by atoms with E-state index in [1.807, 2.05) is 18.2 Å². The third-order valence-corrected chi connectivity index (χ3v) is 4.29. The molecule has 2 aliphatic rings. The van der Waals surface area contributed by atoms with E-state index in [1.54, 1.807) is 0 Å². The van der Waals surface area contributed by atoms with Crippen molar-refractivity contribution in [3.05, 3.63) is 23.2 Å². The number of hydrogen-bond donors (Lipinski definition) is 1. The zero-order valence-electron chi connectivity index (χ0n) is 9.90. The van der Waals surface area contributed by atoms with E-state index in [-0.39, 0.29) is 0 Å². The van der Waals surface area contributed by atoms with E-state index in [0.29, 0.717) is 22.5 Å². The van der Waals surface area contributed by atoms with E-state index in [2.05, 4.69) is 9.88 Å². The predicted molar refractivity (Wildman–Crippen MR) is 70.9 cm³/mol. The van der Waals surface area contributed by atoms with Gasteiger partial charge >= 0.3 is 0 Å². The molecule has 1 saturated heterocycles. The molecule has 0 unspecified atom stereocenters. The van der Waals surface area contributed by atoms with Crippen LogP contribution in [0, 0.1) is 5.41 Å². The van der Waals surface area contributed by atoms with Gasteiger partial charge in [-0.2, -0.15) is 4.98 Å². The van der Waals surface area contributed by atoms with Crippen LogP contribution < -0.4 is 10.6 Å². The Morgan fingerprint density at radius 3 is 2.89 bits per heavy atom. The summed E-state index contributed by atoms with van der Waals surface area (Å²) in [6.07, 6.45) is 2.27. The fourth-order valence-corrected chi connectivity index (χ4v) is 3.40. The molecule has 0 amide bonds. The number of fused-ring (bicyclic) bond motifs is 1. The smallest absolute Gasteiger partial charge is 0.298 e. The van der Waals surface area contributed by atoms with E-state index < -0.39 is 0 Å². The highest BCUT2D eigenvalue weighted by atomic mass is 35.5. The fraction of sp³-hybridized carbons (Fsp3) is 0.462. The van der Waals surface area contributed by atoms with E-state index in [4.69, 9.17) is 21.8 Å². The lowest BCUT2D eigenvalue weighted by molar-refractivity contribution is 0.0625. The Morgan fingerprint density at radius 1 is 1.39 bits per heavy atom. The van der Waals surface area contributed by atoms with Crippen LogP contribution in [0.1, 0.15) is 12.8 Å². The normalized spacial score (nSPS) is 22.2. The van der Waals surface area contributed by atoms with Gasteiger partial charge in [0.05, 0.1) is 0 Å². The van der Waals surface area contributed by atoms with Crippen molar-refractivity contribution < 1.29 is 4.42 Å². The quantitative estimate of drug-likeness (QED) is 0.858. The Morgan fingerprint density at radius 2 is 2.17 bits per heavy atom. The van der Waals surface area contributed by atoms with Crippen molar-refractivity contribution in [2.45, 2.75) is 18.9 Å². The first-order valence-electron chi connectivity index (χ1n) is 6.20. The van der Waals surface area contributed by atoms with Crippen LogP contribution in [0.4, 0.5) is 6.01 Å². The number of anilines is 1. The summed E-state index contributed by atoms with van der Waals surface area (Å²) in [5.74, 6) is 0. The number of hydrogen-bond acceptors (Lipinski definition) is 4. The van der Waals surface area contributed by atoms with E-state index in [1.165, 1.54) is 0 Å². The Labute approximate surface area is 110 Å². The molecule has 1 aromatic heterocycles. The molecule has 0 radical (unpaired) electrons. The Bertz CT molecular complexity index is 610. The van der Waals surface area contributed by atoms with Crippen molar-refractivity contribution in [2.75, 3.05) is 18.0 Å². The van der Waals surface area contributed by atoms with Gasteiger partial charge in [-0.25, -0.2) is 0 Å². The van der Waals surface area contributed by atoms with Crippen LogP contribution in [0.15, 0.2) is 22.6 Å². The van der Waals surface area contributed by atoms with Crippen molar-refractivity contribution in [2.24, 2.45) is 11.1 Å². The molecule has 1 aliphatic heterocycles. The largest absolute Gasteiger partial charge is 0.423 e. The molecule has 5 heteroatoms. The van der Waals surface area contributed by atoms with Crippen molar-refractivity contribution in [1.29, 1.82) is 0 Å². The van der Waals surface area contributed by atoms with Crippen molar-refractivity contribution in [3.8, 4) is 0 Å². The van der Waals surface area contributed by atoms with Crippen LogP contribution in [-0.4, -0.2) is 24.1 Å². The summed E-state index contributed by atoms with van der Waals surface area (Å²) in [6, 6.07) is 6.62. The highest BCUT2D eigenvalue weighted by Crippen LogP contribution is 2.48. The van der Waals surface area contributed by atoms with Gasteiger partial charge in [-0.05, 0) is 31.0 Å². The minimum Gasteiger partial charge on any atom is -0.423 e. The Hall–Kier alpha value is -1.26. The Balaban J connectivity index is 1.57. The number of benzene rings is 1. The summed E-state index contributed by atoms with van der Waals surface area (Å²) in [6.45, 7) is 2.03. The summed E-state index contributed by atoms with van der Waals surface area (Å²) >= 11 is 5.94. The molecular formula is C13H14ClN3O. The molecule has 94 valence electrons. The second-order valence-corrected chi connectivity index (χ2v) is 6.07. The molecule has 1 saturated carbocycles. The van der Waals surface area contributed by atoms with E-state index in [9.17, 15) is 0 Å². The molecule has 0 bridgehead atoms. The molecule has 2 heterocycles. The minimum absolute atomic E-state index is 0.398. The third-order valence-electron chi connectivity index (χ3n) is 4.05. The monoisotopic (exact) mass is 263 g/mol. The molecule has 1 spiro atoms. The van der Waals surface area contributed by atoms with Gasteiger partial charge in [0, 0.05) is 29.6 Å². The topological polar surface area (TPSA) is 55.3 Å². The van der Waals surface area contributed by atoms with Crippen LogP contribution >= 0.6 is 11.6 Å². The first-order chi connectivity index (χ1) is 8.63. The zero-order chi connectivity index (χ0) is 12.3. The first kappa shape index (κ1) is 10.6. The number of halogens is 1.